The number of nitrogens with zero attached hydrogens (tertiary/aromatic N) is 2. The first kappa shape index (κ1) is 13.4. The van der Waals surface area contributed by atoms with Gasteiger partial charge in [0.2, 0.25) is 5.91 Å². The van der Waals surface area contributed by atoms with E-state index in [4.69, 9.17) is 5.26 Å². The Hall–Kier alpha value is -0.690. The average Bonchev–Trinajstić information content (AvgIpc) is 2.73. The minimum Gasteiger partial charge on any atom is -0.340 e. The molecular weight excluding hydrogens is 220 g/mol. The highest BCUT2D eigenvalue weighted by Gasteiger charge is 2.39. The van der Waals surface area contributed by atoms with E-state index in [2.05, 4.69) is 6.07 Å². The van der Waals surface area contributed by atoms with E-state index in [0.717, 1.165) is 18.6 Å². The summed E-state index contributed by atoms with van der Waals surface area (Å²) < 4.78 is -0.245. The monoisotopic (exact) mass is 240 g/mol. The third-order valence-electron chi connectivity index (χ3n) is 3.05. The predicted octanol–water partition coefficient (Wildman–Crippen LogP) is 2.28. The molecule has 0 spiro atoms. The molecule has 1 heterocycles. The van der Waals surface area contributed by atoms with Crippen LogP contribution in [-0.4, -0.2) is 34.4 Å². The van der Waals surface area contributed by atoms with Crippen molar-refractivity contribution in [2.24, 2.45) is 5.92 Å². The first-order chi connectivity index (χ1) is 7.53. The molecule has 0 aliphatic carbocycles. The predicted molar refractivity (Wildman–Crippen MR) is 67.1 cm³/mol. The normalized spacial score (nSPS) is 26.1. The minimum atomic E-state index is -0.245. The van der Waals surface area contributed by atoms with Crippen molar-refractivity contribution in [3.8, 4) is 6.07 Å². The summed E-state index contributed by atoms with van der Waals surface area (Å²) in [7, 11) is 0. The van der Waals surface area contributed by atoms with Gasteiger partial charge in [-0.15, -0.1) is 11.8 Å². The maximum atomic E-state index is 12.3. The molecular formula is C12H20N2OS. The Morgan fingerprint density at radius 2 is 2.38 bits per heavy atom. The number of rotatable bonds is 4. The Balaban J connectivity index is 2.66. The highest BCUT2D eigenvalue weighted by Crippen LogP contribution is 2.39. The largest absolute Gasteiger partial charge is 0.340 e. The van der Waals surface area contributed by atoms with Crippen molar-refractivity contribution in [2.45, 2.75) is 38.4 Å². The first-order valence-corrected chi connectivity index (χ1v) is 6.85. The Labute approximate surface area is 102 Å². The standard InChI is InChI=1S/C12H20N2OS/c1-4-14(9-10(2)8-13)11(15)12(3)6-5-7-16-12/h10H,4-7,9H2,1-3H3. The van der Waals surface area contributed by atoms with E-state index < -0.39 is 0 Å². The maximum absolute atomic E-state index is 12.3. The molecule has 3 nitrogen and oxygen atoms in total. The van der Waals surface area contributed by atoms with Gasteiger partial charge in [0.05, 0.1) is 16.7 Å². The third-order valence-corrected chi connectivity index (χ3v) is 4.56. The van der Waals surface area contributed by atoms with E-state index in [1.807, 2.05) is 25.7 Å². The van der Waals surface area contributed by atoms with Gasteiger partial charge in [-0.05, 0) is 39.4 Å². The lowest BCUT2D eigenvalue weighted by atomic mass is 10.0. The molecule has 0 saturated carbocycles. The van der Waals surface area contributed by atoms with Gasteiger partial charge in [0.1, 0.15) is 0 Å². The molecule has 4 heteroatoms. The molecule has 2 unspecified atom stereocenters. The quantitative estimate of drug-likeness (QED) is 0.757. The van der Waals surface area contributed by atoms with Crippen molar-refractivity contribution in [2.75, 3.05) is 18.8 Å². The van der Waals surface area contributed by atoms with Crippen molar-refractivity contribution in [3.05, 3.63) is 0 Å². The van der Waals surface area contributed by atoms with E-state index >= 15 is 0 Å². The van der Waals surface area contributed by atoms with Crippen molar-refractivity contribution < 1.29 is 4.79 Å². The van der Waals surface area contributed by atoms with Gasteiger partial charge in [0.15, 0.2) is 0 Å². The summed E-state index contributed by atoms with van der Waals surface area (Å²) in [5.74, 6) is 1.20. The van der Waals surface area contributed by atoms with Gasteiger partial charge >= 0.3 is 0 Å². The maximum Gasteiger partial charge on any atom is 0.238 e. The van der Waals surface area contributed by atoms with Crippen molar-refractivity contribution in [3.63, 3.8) is 0 Å². The van der Waals surface area contributed by atoms with Crippen LogP contribution < -0.4 is 0 Å². The van der Waals surface area contributed by atoms with E-state index in [9.17, 15) is 4.79 Å². The zero-order chi connectivity index (χ0) is 12.2. The molecule has 0 aromatic heterocycles. The van der Waals surface area contributed by atoms with Gasteiger partial charge < -0.3 is 4.90 Å². The number of carbonyl (C=O) groups is 1. The second-order valence-electron chi connectivity index (χ2n) is 4.56. The van der Waals surface area contributed by atoms with Gasteiger partial charge in [0, 0.05) is 13.1 Å². The topological polar surface area (TPSA) is 44.1 Å². The summed E-state index contributed by atoms with van der Waals surface area (Å²) >= 11 is 1.76. The summed E-state index contributed by atoms with van der Waals surface area (Å²) in [6.07, 6.45) is 2.09. The Morgan fingerprint density at radius 1 is 1.69 bits per heavy atom. The van der Waals surface area contributed by atoms with Gasteiger partial charge in [0.25, 0.3) is 0 Å². The van der Waals surface area contributed by atoms with Crippen LogP contribution in [0.2, 0.25) is 0 Å². The summed E-state index contributed by atoms with van der Waals surface area (Å²) in [5.41, 5.74) is 0. The van der Waals surface area contributed by atoms with Gasteiger partial charge in [-0.1, -0.05) is 0 Å². The van der Waals surface area contributed by atoms with Crippen LogP contribution in [0.4, 0.5) is 0 Å². The van der Waals surface area contributed by atoms with Crippen molar-refractivity contribution >= 4 is 17.7 Å². The molecule has 1 rings (SSSR count). The fraction of sp³-hybridized carbons (Fsp3) is 0.833. The molecule has 1 saturated heterocycles. The van der Waals surface area contributed by atoms with Crippen LogP contribution in [0.25, 0.3) is 0 Å². The van der Waals surface area contributed by atoms with E-state index in [1.165, 1.54) is 0 Å². The van der Waals surface area contributed by atoms with E-state index in [1.54, 1.807) is 11.8 Å². The van der Waals surface area contributed by atoms with Gasteiger partial charge in [-0.2, -0.15) is 5.26 Å². The highest BCUT2D eigenvalue weighted by atomic mass is 32.2. The minimum absolute atomic E-state index is 0.0843. The van der Waals surface area contributed by atoms with Crippen LogP contribution in [0.5, 0.6) is 0 Å². The van der Waals surface area contributed by atoms with E-state index in [0.29, 0.717) is 13.1 Å². The van der Waals surface area contributed by atoms with Crippen LogP contribution in [0, 0.1) is 17.2 Å². The molecule has 1 amide bonds. The molecule has 1 fully saturated rings. The van der Waals surface area contributed by atoms with Crippen molar-refractivity contribution in [1.82, 2.24) is 4.90 Å². The van der Waals surface area contributed by atoms with Gasteiger partial charge in [-0.3, -0.25) is 4.79 Å². The number of hydrogen-bond acceptors (Lipinski definition) is 3. The lowest BCUT2D eigenvalue weighted by Gasteiger charge is -2.30. The van der Waals surface area contributed by atoms with Crippen LogP contribution in [0.15, 0.2) is 0 Å². The lowest BCUT2D eigenvalue weighted by molar-refractivity contribution is -0.133. The third kappa shape index (κ3) is 2.91. The van der Waals surface area contributed by atoms with Crippen LogP contribution in [-0.2, 0) is 4.79 Å². The van der Waals surface area contributed by atoms with Crippen LogP contribution >= 0.6 is 11.8 Å². The molecule has 0 aromatic carbocycles. The molecule has 0 bridgehead atoms. The summed E-state index contributed by atoms with van der Waals surface area (Å²) in [5, 5.41) is 8.80. The fourth-order valence-corrected chi connectivity index (χ4v) is 3.29. The molecule has 0 radical (unpaired) electrons. The van der Waals surface area contributed by atoms with Crippen molar-refractivity contribution in [1.29, 1.82) is 5.26 Å². The highest BCUT2D eigenvalue weighted by molar-refractivity contribution is 8.01. The zero-order valence-electron chi connectivity index (χ0n) is 10.3. The average molecular weight is 240 g/mol. The zero-order valence-corrected chi connectivity index (χ0v) is 11.1. The summed E-state index contributed by atoms with van der Waals surface area (Å²) in [6.45, 7) is 7.13. The second-order valence-corrected chi connectivity index (χ2v) is 6.15. The van der Waals surface area contributed by atoms with Crippen LogP contribution in [0.1, 0.15) is 33.6 Å². The number of carbonyl (C=O) groups excluding carboxylic acids is 1. The number of amides is 1. The summed E-state index contributed by atoms with van der Waals surface area (Å²) in [6, 6.07) is 2.19. The number of hydrogen-bond donors (Lipinski definition) is 0. The Morgan fingerprint density at radius 3 is 2.81 bits per heavy atom. The number of nitriles is 1. The molecule has 1 aliphatic rings. The molecule has 0 N–H and O–H groups in total. The lowest BCUT2D eigenvalue weighted by Crippen LogP contribution is -2.45. The molecule has 2 atom stereocenters. The molecule has 16 heavy (non-hydrogen) atoms. The van der Waals surface area contributed by atoms with E-state index in [-0.39, 0.29) is 16.6 Å². The first-order valence-electron chi connectivity index (χ1n) is 5.86. The number of thioether (sulfide) groups is 1. The fourth-order valence-electron chi connectivity index (χ4n) is 2.01. The molecule has 1 aliphatic heterocycles. The second kappa shape index (κ2) is 5.58. The molecule has 90 valence electrons. The molecule has 0 aromatic rings. The summed E-state index contributed by atoms with van der Waals surface area (Å²) in [4.78, 5) is 14.2. The van der Waals surface area contributed by atoms with Crippen LogP contribution in [0.3, 0.4) is 0 Å². The SMILES string of the molecule is CCN(CC(C)C#N)C(=O)C1(C)CCCS1. The Kier molecular flexibility index (Phi) is 4.67. The smallest absolute Gasteiger partial charge is 0.238 e. The Bertz CT molecular complexity index is 292. The van der Waals surface area contributed by atoms with Gasteiger partial charge in [-0.25, -0.2) is 0 Å².